The first-order chi connectivity index (χ1) is 9.11. The maximum Gasteiger partial charge on any atom is 0.387 e. The summed E-state index contributed by atoms with van der Waals surface area (Å²) in [5.74, 6) is 0.0343. The molecule has 2 rings (SSSR count). The number of rotatable bonds is 4. The Morgan fingerprint density at radius 2 is 1.95 bits per heavy atom. The smallest absolute Gasteiger partial charge is 0.387 e. The number of halogens is 3. The normalized spacial score (nSPS) is 17.0. The third kappa shape index (κ3) is 3.48. The number of ether oxygens (including phenoxy) is 1. The number of anilines is 1. The molecule has 1 aromatic rings. The van der Waals surface area contributed by atoms with Gasteiger partial charge in [-0.2, -0.15) is 8.78 Å². The number of hydrogen-bond acceptors (Lipinski definition) is 3. The molecular weight excluding hydrogens is 274 g/mol. The highest BCUT2D eigenvalue weighted by Gasteiger charge is 2.20. The van der Waals surface area contributed by atoms with Crippen molar-refractivity contribution in [2.24, 2.45) is 0 Å². The van der Waals surface area contributed by atoms with Crippen LogP contribution in [-0.4, -0.2) is 44.2 Å². The first-order valence-electron chi connectivity index (χ1n) is 6.32. The standard InChI is InChI=1S/C13H17ClF2N2O/c1-2-17-6-8-18(9-7-17)10-4-3-5-11(12(10)14)19-13(15)16/h3-5,13H,2,6-9H2,1H3. The summed E-state index contributed by atoms with van der Waals surface area (Å²) in [5.41, 5.74) is 0.760. The minimum absolute atomic E-state index is 0.0343. The van der Waals surface area contributed by atoms with E-state index in [0.29, 0.717) is 0 Å². The van der Waals surface area contributed by atoms with Gasteiger partial charge in [0, 0.05) is 26.2 Å². The molecule has 1 heterocycles. The van der Waals surface area contributed by atoms with Crippen LogP contribution in [0.2, 0.25) is 5.02 Å². The Hall–Kier alpha value is -1.07. The highest BCUT2D eigenvalue weighted by atomic mass is 35.5. The highest BCUT2D eigenvalue weighted by Crippen LogP contribution is 2.35. The number of hydrogen-bond donors (Lipinski definition) is 0. The number of piperazine rings is 1. The van der Waals surface area contributed by atoms with Crippen molar-refractivity contribution >= 4 is 17.3 Å². The van der Waals surface area contributed by atoms with Crippen LogP contribution in [0, 0.1) is 0 Å². The maximum absolute atomic E-state index is 12.3. The van der Waals surface area contributed by atoms with E-state index < -0.39 is 6.61 Å². The molecular formula is C13H17ClF2N2O. The van der Waals surface area contributed by atoms with Gasteiger partial charge in [0.25, 0.3) is 0 Å². The van der Waals surface area contributed by atoms with Crippen LogP contribution in [0.5, 0.6) is 5.75 Å². The van der Waals surface area contributed by atoms with E-state index in [0.717, 1.165) is 38.4 Å². The third-order valence-electron chi connectivity index (χ3n) is 3.32. The zero-order chi connectivity index (χ0) is 13.8. The predicted molar refractivity (Wildman–Crippen MR) is 72.4 cm³/mol. The second kappa shape index (κ2) is 6.39. The molecule has 19 heavy (non-hydrogen) atoms. The number of likely N-dealkylation sites (N-methyl/N-ethyl adjacent to an activating group) is 1. The molecule has 0 atom stereocenters. The van der Waals surface area contributed by atoms with E-state index >= 15 is 0 Å². The lowest BCUT2D eigenvalue weighted by Gasteiger charge is -2.36. The Morgan fingerprint density at radius 1 is 1.26 bits per heavy atom. The molecule has 1 aliphatic rings. The van der Waals surface area contributed by atoms with Crippen molar-refractivity contribution in [2.75, 3.05) is 37.6 Å². The number of alkyl halides is 2. The molecule has 0 amide bonds. The van der Waals surface area contributed by atoms with E-state index in [4.69, 9.17) is 11.6 Å². The second-order valence-corrected chi connectivity index (χ2v) is 4.77. The molecule has 0 N–H and O–H groups in total. The van der Waals surface area contributed by atoms with Crippen LogP contribution in [0.1, 0.15) is 6.92 Å². The molecule has 0 radical (unpaired) electrons. The summed E-state index contributed by atoms with van der Waals surface area (Å²) < 4.78 is 29.0. The zero-order valence-electron chi connectivity index (χ0n) is 10.8. The van der Waals surface area contributed by atoms with Crippen LogP contribution < -0.4 is 9.64 Å². The molecule has 0 unspecified atom stereocenters. The maximum atomic E-state index is 12.3. The van der Waals surface area contributed by atoms with Gasteiger partial charge in [-0.3, -0.25) is 0 Å². The summed E-state index contributed by atoms with van der Waals surface area (Å²) >= 11 is 6.14. The molecule has 0 aromatic heterocycles. The molecule has 1 aromatic carbocycles. The highest BCUT2D eigenvalue weighted by molar-refractivity contribution is 6.34. The van der Waals surface area contributed by atoms with Crippen LogP contribution in [0.3, 0.4) is 0 Å². The van der Waals surface area contributed by atoms with Crippen molar-refractivity contribution in [3.8, 4) is 5.75 Å². The minimum Gasteiger partial charge on any atom is -0.433 e. The Bertz CT molecular complexity index is 423. The van der Waals surface area contributed by atoms with E-state index in [-0.39, 0.29) is 10.8 Å². The Morgan fingerprint density at radius 3 is 2.53 bits per heavy atom. The number of nitrogens with zero attached hydrogens (tertiary/aromatic N) is 2. The van der Waals surface area contributed by atoms with Gasteiger partial charge in [0.2, 0.25) is 0 Å². The van der Waals surface area contributed by atoms with Crippen LogP contribution >= 0.6 is 11.6 Å². The second-order valence-electron chi connectivity index (χ2n) is 4.39. The topological polar surface area (TPSA) is 15.7 Å². The average Bonchev–Trinajstić information content (AvgIpc) is 2.41. The van der Waals surface area contributed by atoms with E-state index in [1.165, 1.54) is 6.07 Å². The Labute approximate surface area is 116 Å². The molecule has 1 aliphatic heterocycles. The van der Waals surface area contributed by atoms with Gasteiger partial charge in [0.15, 0.2) is 0 Å². The van der Waals surface area contributed by atoms with E-state index in [1.807, 2.05) is 6.07 Å². The lowest BCUT2D eigenvalue weighted by molar-refractivity contribution is -0.0497. The molecule has 1 fully saturated rings. The molecule has 3 nitrogen and oxygen atoms in total. The summed E-state index contributed by atoms with van der Waals surface area (Å²) in [4.78, 5) is 4.44. The molecule has 6 heteroatoms. The van der Waals surface area contributed by atoms with Crippen molar-refractivity contribution in [3.05, 3.63) is 23.2 Å². The van der Waals surface area contributed by atoms with Crippen molar-refractivity contribution < 1.29 is 13.5 Å². The van der Waals surface area contributed by atoms with Gasteiger partial charge in [-0.1, -0.05) is 24.6 Å². The summed E-state index contributed by atoms with van der Waals surface area (Å²) in [6.45, 7) is 3.87. The van der Waals surface area contributed by atoms with E-state index in [9.17, 15) is 8.78 Å². The van der Waals surface area contributed by atoms with Gasteiger partial charge < -0.3 is 14.5 Å². The van der Waals surface area contributed by atoms with Gasteiger partial charge in [0.05, 0.1) is 5.69 Å². The largest absolute Gasteiger partial charge is 0.433 e. The lowest BCUT2D eigenvalue weighted by atomic mass is 10.2. The summed E-state index contributed by atoms with van der Waals surface area (Å²) in [6, 6.07) is 4.98. The molecule has 0 bridgehead atoms. The van der Waals surface area contributed by atoms with Crippen molar-refractivity contribution in [1.82, 2.24) is 4.90 Å². The summed E-state index contributed by atoms with van der Waals surface area (Å²) in [7, 11) is 0. The molecule has 0 spiro atoms. The predicted octanol–water partition coefficient (Wildman–Crippen LogP) is 3.08. The van der Waals surface area contributed by atoms with Gasteiger partial charge >= 0.3 is 6.61 Å². The van der Waals surface area contributed by atoms with Crippen molar-refractivity contribution in [3.63, 3.8) is 0 Å². The van der Waals surface area contributed by atoms with Gasteiger partial charge in [-0.05, 0) is 18.7 Å². The summed E-state index contributed by atoms with van der Waals surface area (Å²) in [6.07, 6.45) is 0. The molecule has 0 saturated carbocycles. The van der Waals surface area contributed by atoms with Gasteiger partial charge in [-0.15, -0.1) is 0 Å². The molecule has 106 valence electrons. The Balaban J connectivity index is 2.12. The minimum atomic E-state index is -2.86. The third-order valence-corrected chi connectivity index (χ3v) is 3.70. The fourth-order valence-electron chi connectivity index (χ4n) is 2.24. The van der Waals surface area contributed by atoms with E-state index in [2.05, 4.69) is 21.5 Å². The molecule has 0 aliphatic carbocycles. The first kappa shape index (κ1) is 14.3. The number of benzene rings is 1. The summed E-state index contributed by atoms with van der Waals surface area (Å²) in [5, 5.41) is 0.257. The van der Waals surface area contributed by atoms with Crippen LogP contribution in [0.4, 0.5) is 14.5 Å². The fourth-order valence-corrected chi connectivity index (χ4v) is 2.53. The lowest BCUT2D eigenvalue weighted by Crippen LogP contribution is -2.46. The van der Waals surface area contributed by atoms with Crippen LogP contribution in [0.25, 0.3) is 0 Å². The quantitative estimate of drug-likeness (QED) is 0.847. The van der Waals surface area contributed by atoms with E-state index in [1.54, 1.807) is 6.07 Å². The van der Waals surface area contributed by atoms with Gasteiger partial charge in [-0.25, -0.2) is 0 Å². The monoisotopic (exact) mass is 290 g/mol. The zero-order valence-corrected chi connectivity index (χ0v) is 11.5. The van der Waals surface area contributed by atoms with Gasteiger partial charge in [0.1, 0.15) is 10.8 Å². The first-order valence-corrected chi connectivity index (χ1v) is 6.70. The van der Waals surface area contributed by atoms with Crippen LogP contribution in [-0.2, 0) is 0 Å². The fraction of sp³-hybridized carbons (Fsp3) is 0.538. The van der Waals surface area contributed by atoms with Crippen LogP contribution in [0.15, 0.2) is 18.2 Å². The SMILES string of the molecule is CCN1CCN(c2cccc(OC(F)F)c2Cl)CC1. The van der Waals surface area contributed by atoms with Crippen molar-refractivity contribution in [2.45, 2.75) is 13.5 Å². The van der Waals surface area contributed by atoms with Crippen molar-refractivity contribution in [1.29, 1.82) is 0 Å². The molecule has 1 saturated heterocycles. The Kier molecular flexibility index (Phi) is 4.82. The average molecular weight is 291 g/mol.